The van der Waals surface area contributed by atoms with Gasteiger partial charge in [0.15, 0.2) is 21.0 Å². The zero-order valence-corrected chi connectivity index (χ0v) is 18.6. The molecule has 0 saturated carbocycles. The third-order valence-corrected chi connectivity index (χ3v) is 7.33. The van der Waals surface area contributed by atoms with Crippen LogP contribution in [0.3, 0.4) is 0 Å². The summed E-state index contributed by atoms with van der Waals surface area (Å²) in [5, 5.41) is 10.5. The van der Waals surface area contributed by atoms with Crippen molar-refractivity contribution in [3.05, 3.63) is 62.5 Å². The smallest absolute Gasteiger partial charge is 0.315 e. The second-order valence-corrected chi connectivity index (χ2v) is 9.92. The highest BCUT2D eigenvalue weighted by molar-refractivity contribution is 7.90. The number of benzene rings is 1. The molecule has 1 aromatic carbocycles. The van der Waals surface area contributed by atoms with E-state index < -0.39 is 27.0 Å². The number of sulfone groups is 1. The molecule has 12 nitrogen and oxygen atoms in total. The highest BCUT2D eigenvalue weighted by atomic mass is 32.2. The Bertz CT molecular complexity index is 1550. The highest BCUT2D eigenvalue weighted by Crippen LogP contribution is 2.21. The fourth-order valence-corrected chi connectivity index (χ4v) is 5.44. The van der Waals surface area contributed by atoms with Gasteiger partial charge < -0.3 is 4.57 Å². The Morgan fingerprint density at radius 2 is 1.81 bits per heavy atom. The first kappa shape index (κ1) is 21.6. The summed E-state index contributed by atoms with van der Waals surface area (Å²) in [7, 11) is -0.771. The van der Waals surface area contributed by atoms with Gasteiger partial charge in [-0.05, 0) is 12.1 Å². The summed E-state index contributed by atoms with van der Waals surface area (Å²) in [5.74, 6) is -0.866. The molecule has 0 atom stereocenters. The molecule has 0 aliphatic heterocycles. The lowest BCUT2D eigenvalue weighted by Crippen LogP contribution is -2.37. The van der Waals surface area contributed by atoms with Gasteiger partial charge in [-0.3, -0.25) is 24.0 Å². The number of carbonyl (C=O) groups excluding carboxylic acids is 1. The van der Waals surface area contributed by atoms with Crippen LogP contribution in [0.2, 0.25) is 0 Å². The summed E-state index contributed by atoms with van der Waals surface area (Å²) in [6.07, 6.45) is 1.29. The largest absolute Gasteiger partial charge is 0.332 e. The molecular formula is C18H17N7O5S2. The van der Waals surface area contributed by atoms with Crippen LogP contribution in [0, 0.1) is 0 Å². The molecule has 14 heteroatoms. The highest BCUT2D eigenvalue weighted by Gasteiger charge is 2.20. The Hall–Kier alpha value is -3.65. The number of rotatable bonds is 6. The van der Waals surface area contributed by atoms with Crippen LogP contribution in [-0.4, -0.2) is 43.2 Å². The molecule has 0 saturated heterocycles. The number of aromatic nitrogens is 6. The number of hydrogen-bond donors (Lipinski definition) is 1. The van der Waals surface area contributed by atoms with E-state index in [0.717, 1.165) is 15.9 Å². The summed E-state index contributed by atoms with van der Waals surface area (Å²) in [6.45, 7) is -0.263. The van der Waals surface area contributed by atoms with E-state index >= 15 is 0 Å². The molecule has 0 aliphatic rings. The molecule has 0 fully saturated rings. The maximum atomic E-state index is 12.5. The Balaban J connectivity index is 1.50. The fourth-order valence-electron chi connectivity index (χ4n) is 3.07. The van der Waals surface area contributed by atoms with Crippen molar-refractivity contribution in [2.24, 2.45) is 14.1 Å². The minimum atomic E-state index is -3.59. The van der Waals surface area contributed by atoms with Gasteiger partial charge >= 0.3 is 5.69 Å². The maximum absolute atomic E-state index is 12.5. The van der Waals surface area contributed by atoms with Gasteiger partial charge in [-0.1, -0.05) is 29.5 Å². The number of hydrogen-bond acceptors (Lipinski definition) is 9. The molecule has 0 unspecified atom stereocenters. The first-order valence-corrected chi connectivity index (χ1v) is 11.6. The zero-order valence-electron chi connectivity index (χ0n) is 16.9. The summed E-state index contributed by atoms with van der Waals surface area (Å²) >= 11 is 0.939. The monoisotopic (exact) mass is 475 g/mol. The number of anilines is 1. The lowest BCUT2D eigenvalue weighted by atomic mass is 10.4. The van der Waals surface area contributed by atoms with Crippen molar-refractivity contribution in [1.29, 1.82) is 0 Å². The van der Waals surface area contributed by atoms with Gasteiger partial charge in [-0.15, -0.1) is 10.2 Å². The number of aryl methyl sites for hydroxylation is 1. The van der Waals surface area contributed by atoms with Gasteiger partial charge in [0.1, 0.15) is 17.3 Å². The number of carbonyl (C=O) groups is 1. The minimum absolute atomic E-state index is 0.108. The molecule has 4 rings (SSSR count). The van der Waals surface area contributed by atoms with E-state index in [1.807, 2.05) is 0 Å². The van der Waals surface area contributed by atoms with E-state index in [1.54, 1.807) is 18.2 Å². The van der Waals surface area contributed by atoms with Gasteiger partial charge in [0, 0.05) is 14.1 Å². The van der Waals surface area contributed by atoms with E-state index in [2.05, 4.69) is 20.5 Å². The number of fused-ring (bicyclic) bond motifs is 1. The van der Waals surface area contributed by atoms with Crippen LogP contribution in [0.25, 0.3) is 11.2 Å². The van der Waals surface area contributed by atoms with Gasteiger partial charge in [-0.25, -0.2) is 18.2 Å². The van der Waals surface area contributed by atoms with Crippen molar-refractivity contribution < 1.29 is 13.2 Å². The maximum Gasteiger partial charge on any atom is 0.332 e. The van der Waals surface area contributed by atoms with Crippen LogP contribution in [-0.2, 0) is 41.0 Å². The number of imidazole rings is 1. The van der Waals surface area contributed by atoms with E-state index in [1.165, 1.54) is 41.7 Å². The first-order chi connectivity index (χ1) is 15.2. The Labute approximate surface area is 184 Å². The molecule has 4 aromatic rings. The molecule has 0 aliphatic carbocycles. The Kier molecular flexibility index (Phi) is 5.48. The summed E-state index contributed by atoms with van der Waals surface area (Å²) < 4.78 is 28.4. The third-order valence-electron chi connectivity index (χ3n) is 4.66. The molecule has 3 aromatic heterocycles. The average Bonchev–Trinajstić information content (AvgIpc) is 3.37. The minimum Gasteiger partial charge on any atom is -0.315 e. The van der Waals surface area contributed by atoms with E-state index in [-0.39, 0.29) is 38.5 Å². The summed E-state index contributed by atoms with van der Waals surface area (Å²) in [4.78, 5) is 41.2. The predicted octanol–water partition coefficient (Wildman–Crippen LogP) is -0.102. The van der Waals surface area contributed by atoms with Crippen LogP contribution in [0.15, 0.2) is 51.1 Å². The fraction of sp³-hybridized carbons (Fsp3) is 0.222. The Morgan fingerprint density at radius 3 is 2.53 bits per heavy atom. The average molecular weight is 476 g/mol. The molecule has 1 amide bonds. The molecule has 0 bridgehead atoms. The second kappa shape index (κ2) is 8.12. The Morgan fingerprint density at radius 1 is 1.09 bits per heavy atom. The van der Waals surface area contributed by atoms with Gasteiger partial charge in [-0.2, -0.15) is 0 Å². The van der Waals surface area contributed by atoms with Crippen LogP contribution in [0.4, 0.5) is 5.13 Å². The molecule has 32 heavy (non-hydrogen) atoms. The molecule has 3 heterocycles. The summed E-state index contributed by atoms with van der Waals surface area (Å²) in [5.41, 5.74) is -0.825. The number of amides is 1. The first-order valence-electron chi connectivity index (χ1n) is 9.18. The number of nitrogens with one attached hydrogen (secondary N) is 1. The van der Waals surface area contributed by atoms with Gasteiger partial charge in [0.2, 0.25) is 11.0 Å². The lowest BCUT2D eigenvalue weighted by Gasteiger charge is -2.06. The molecule has 0 radical (unpaired) electrons. The topological polar surface area (TPSA) is 151 Å². The predicted molar refractivity (Wildman–Crippen MR) is 116 cm³/mol. The van der Waals surface area contributed by atoms with Crippen LogP contribution in [0.1, 0.15) is 5.01 Å². The van der Waals surface area contributed by atoms with Crippen molar-refractivity contribution in [1.82, 2.24) is 28.9 Å². The normalized spacial score (nSPS) is 11.7. The van der Waals surface area contributed by atoms with Crippen molar-refractivity contribution in [2.75, 3.05) is 5.32 Å². The second-order valence-electron chi connectivity index (χ2n) is 6.87. The molecule has 166 valence electrons. The number of nitrogens with zero attached hydrogens (tertiary/aromatic N) is 6. The molecule has 0 spiro atoms. The SMILES string of the molecule is Cn1c(=O)c2c(ncn2CC(=O)Nc2nnc(CS(=O)(=O)c3ccccc3)s2)n(C)c1=O. The zero-order chi connectivity index (χ0) is 23.0. The van der Waals surface area contributed by atoms with E-state index in [4.69, 9.17) is 0 Å². The van der Waals surface area contributed by atoms with E-state index in [9.17, 15) is 22.8 Å². The van der Waals surface area contributed by atoms with E-state index in [0.29, 0.717) is 0 Å². The van der Waals surface area contributed by atoms with Crippen LogP contribution >= 0.6 is 11.3 Å². The summed E-state index contributed by atoms with van der Waals surface area (Å²) in [6, 6.07) is 7.97. The standard InChI is InChI=1S/C18H17N7O5S2/c1-23-15-14(16(27)24(2)18(23)28)25(10-19-15)8-12(26)20-17-22-21-13(31-17)9-32(29,30)11-6-4-3-5-7-11/h3-7,10H,8-9H2,1-2H3,(H,20,22,26). The van der Waals surface area contributed by atoms with Crippen molar-refractivity contribution in [2.45, 2.75) is 17.2 Å². The molecule has 1 N–H and O–H groups in total. The third kappa shape index (κ3) is 3.97. The van der Waals surface area contributed by atoms with Gasteiger partial charge in [0.25, 0.3) is 5.56 Å². The van der Waals surface area contributed by atoms with Crippen molar-refractivity contribution in [3.63, 3.8) is 0 Å². The van der Waals surface area contributed by atoms with Gasteiger partial charge in [0.05, 0.1) is 11.2 Å². The van der Waals surface area contributed by atoms with Crippen LogP contribution in [0.5, 0.6) is 0 Å². The molecular weight excluding hydrogens is 458 g/mol. The van der Waals surface area contributed by atoms with Crippen molar-refractivity contribution >= 4 is 43.4 Å². The quantitative estimate of drug-likeness (QED) is 0.406. The van der Waals surface area contributed by atoms with Crippen LogP contribution < -0.4 is 16.6 Å². The van der Waals surface area contributed by atoms with Crippen molar-refractivity contribution in [3.8, 4) is 0 Å². The lowest BCUT2D eigenvalue weighted by molar-refractivity contribution is -0.116.